The minimum absolute atomic E-state index is 0.00254. The van der Waals surface area contributed by atoms with Gasteiger partial charge in [-0.15, -0.1) is 0 Å². The molecule has 1 aliphatic carbocycles. The summed E-state index contributed by atoms with van der Waals surface area (Å²) in [5.74, 6) is 0. The Kier molecular flexibility index (Phi) is 3.31. The largest absolute Gasteiger partial charge is 0.412 e. The van der Waals surface area contributed by atoms with Crippen molar-refractivity contribution in [3.63, 3.8) is 0 Å². The van der Waals surface area contributed by atoms with Crippen LogP contribution >= 0.6 is 0 Å². The van der Waals surface area contributed by atoms with Gasteiger partial charge in [-0.2, -0.15) is 0 Å². The SMILES string of the molecule is CO[Si]1(C)C2=C1c1c(ccc(CCO)c1NC(C)(C)C)C2. The molecular weight excluding hydrogens is 278 g/mol. The summed E-state index contributed by atoms with van der Waals surface area (Å²) in [5.41, 5.74) is 5.21. The molecule has 0 aromatic heterocycles. The van der Waals surface area contributed by atoms with Gasteiger partial charge in [-0.3, -0.25) is 0 Å². The van der Waals surface area contributed by atoms with Gasteiger partial charge in [-0.05, 0) is 61.7 Å². The number of rotatable bonds is 4. The molecule has 0 radical (unpaired) electrons. The molecule has 1 heterocycles. The number of hydrogen-bond acceptors (Lipinski definition) is 3. The van der Waals surface area contributed by atoms with Crippen molar-refractivity contribution in [2.45, 2.75) is 45.7 Å². The molecule has 1 aliphatic heterocycles. The Labute approximate surface area is 128 Å². The second-order valence-corrected chi connectivity index (χ2v) is 10.8. The molecule has 3 nitrogen and oxygen atoms in total. The molecule has 0 spiro atoms. The summed E-state index contributed by atoms with van der Waals surface area (Å²) in [4.78, 5) is 0. The molecule has 114 valence electrons. The van der Waals surface area contributed by atoms with Gasteiger partial charge >= 0.3 is 0 Å². The van der Waals surface area contributed by atoms with E-state index < -0.39 is 8.32 Å². The summed E-state index contributed by atoms with van der Waals surface area (Å²) in [5, 5.41) is 16.1. The van der Waals surface area contributed by atoms with Gasteiger partial charge in [0.15, 0.2) is 0 Å². The number of anilines is 1. The fraction of sp³-hybridized carbons (Fsp3) is 0.529. The fourth-order valence-corrected chi connectivity index (χ4v) is 6.77. The molecule has 2 N–H and O–H groups in total. The van der Waals surface area contributed by atoms with Crippen molar-refractivity contribution in [2.75, 3.05) is 19.0 Å². The number of fused-ring (bicyclic) bond motifs is 2. The molecule has 2 aliphatic rings. The first-order chi connectivity index (χ1) is 9.81. The van der Waals surface area contributed by atoms with Crippen LogP contribution in [0.3, 0.4) is 0 Å². The third-order valence-corrected chi connectivity index (χ3v) is 8.23. The Bertz CT molecular complexity index is 630. The van der Waals surface area contributed by atoms with Crippen LogP contribution in [0, 0.1) is 0 Å². The highest BCUT2D eigenvalue weighted by Crippen LogP contribution is 2.58. The van der Waals surface area contributed by atoms with Gasteiger partial charge in [-0.1, -0.05) is 12.1 Å². The maximum Gasteiger partial charge on any atom is 0.248 e. The fourth-order valence-electron chi connectivity index (χ4n) is 3.45. The predicted molar refractivity (Wildman–Crippen MR) is 89.9 cm³/mol. The molecule has 21 heavy (non-hydrogen) atoms. The zero-order valence-corrected chi connectivity index (χ0v) is 14.6. The van der Waals surface area contributed by atoms with Gasteiger partial charge < -0.3 is 14.8 Å². The van der Waals surface area contributed by atoms with E-state index in [0.29, 0.717) is 6.42 Å². The van der Waals surface area contributed by atoms with Crippen molar-refractivity contribution in [3.8, 4) is 0 Å². The molecule has 0 bridgehead atoms. The van der Waals surface area contributed by atoms with Crippen molar-refractivity contribution >= 4 is 19.2 Å². The molecule has 1 unspecified atom stereocenters. The Balaban J connectivity index is 2.08. The first kappa shape index (κ1) is 14.8. The summed E-state index contributed by atoms with van der Waals surface area (Å²) in [6.07, 6.45) is 1.75. The number of nitrogens with one attached hydrogen (secondary N) is 1. The molecule has 0 saturated heterocycles. The van der Waals surface area contributed by atoms with E-state index in [0.717, 1.165) is 6.42 Å². The van der Waals surface area contributed by atoms with E-state index in [1.165, 1.54) is 27.6 Å². The average Bonchev–Trinajstić information content (AvgIpc) is 2.80. The van der Waals surface area contributed by atoms with Crippen LogP contribution in [0.1, 0.15) is 37.5 Å². The topological polar surface area (TPSA) is 41.5 Å². The first-order valence-corrected chi connectivity index (χ1v) is 10.1. The predicted octanol–water partition coefficient (Wildman–Crippen LogP) is 3.06. The monoisotopic (exact) mass is 303 g/mol. The van der Waals surface area contributed by atoms with Crippen LogP contribution in [-0.2, 0) is 17.3 Å². The van der Waals surface area contributed by atoms with Gasteiger partial charge in [-0.25, -0.2) is 0 Å². The maximum atomic E-state index is 9.36. The van der Waals surface area contributed by atoms with Crippen molar-refractivity contribution in [1.82, 2.24) is 0 Å². The molecule has 4 heteroatoms. The zero-order valence-electron chi connectivity index (χ0n) is 13.6. The number of hydrogen-bond donors (Lipinski definition) is 2. The number of aliphatic hydroxyl groups is 1. The van der Waals surface area contributed by atoms with Gasteiger partial charge in [0.05, 0.1) is 0 Å². The summed E-state index contributed by atoms with van der Waals surface area (Å²) >= 11 is 0. The summed E-state index contributed by atoms with van der Waals surface area (Å²) in [7, 11) is 0.146. The van der Waals surface area contributed by atoms with E-state index >= 15 is 0 Å². The highest BCUT2D eigenvalue weighted by molar-refractivity contribution is 7.10. The van der Waals surface area contributed by atoms with Crippen molar-refractivity contribution in [3.05, 3.63) is 34.0 Å². The van der Waals surface area contributed by atoms with Gasteiger partial charge in [0.1, 0.15) is 0 Å². The molecule has 1 atom stereocenters. The number of allylic oxidation sites excluding steroid dienone is 1. The van der Waals surface area contributed by atoms with Crippen molar-refractivity contribution in [1.29, 1.82) is 0 Å². The van der Waals surface area contributed by atoms with E-state index in [2.05, 4.69) is 44.8 Å². The van der Waals surface area contributed by atoms with Gasteiger partial charge in [0.2, 0.25) is 8.32 Å². The highest BCUT2D eigenvalue weighted by atomic mass is 28.4. The molecular formula is C17H25NO2Si. The van der Waals surface area contributed by atoms with Crippen molar-refractivity contribution in [2.24, 2.45) is 0 Å². The van der Waals surface area contributed by atoms with E-state index in [1.807, 2.05) is 7.11 Å². The summed E-state index contributed by atoms with van der Waals surface area (Å²) in [6, 6.07) is 4.39. The molecule has 1 aromatic rings. The lowest BCUT2D eigenvalue weighted by molar-refractivity contribution is 0.299. The molecule has 3 rings (SSSR count). The summed E-state index contributed by atoms with van der Waals surface area (Å²) in [6.45, 7) is 9.01. The smallest absolute Gasteiger partial charge is 0.248 e. The molecule has 0 amide bonds. The Hall–Kier alpha value is -1.10. The van der Waals surface area contributed by atoms with E-state index in [9.17, 15) is 5.11 Å². The quantitative estimate of drug-likeness (QED) is 0.840. The van der Waals surface area contributed by atoms with Crippen LogP contribution in [0.5, 0.6) is 0 Å². The third kappa shape index (κ3) is 2.26. The van der Waals surface area contributed by atoms with Crippen LogP contribution in [-0.4, -0.2) is 32.7 Å². The molecule has 0 fully saturated rings. The van der Waals surface area contributed by atoms with E-state index in [4.69, 9.17) is 4.43 Å². The molecule has 1 aromatic carbocycles. The Morgan fingerprint density at radius 2 is 2.05 bits per heavy atom. The number of benzene rings is 1. The lowest BCUT2D eigenvalue weighted by atomic mass is 9.98. The summed E-state index contributed by atoms with van der Waals surface area (Å²) < 4.78 is 5.85. The minimum Gasteiger partial charge on any atom is -0.412 e. The van der Waals surface area contributed by atoms with Crippen LogP contribution < -0.4 is 5.32 Å². The standard InChI is InChI=1S/C17H25NO2Si/c1-17(2,3)18-15-11(8-9-19)6-7-12-10-13-16(14(12)15)21(13,5)20-4/h6-7,18-19H,8-10H2,1-5H3. The lowest BCUT2D eigenvalue weighted by Crippen LogP contribution is -2.29. The highest BCUT2D eigenvalue weighted by Gasteiger charge is 2.58. The van der Waals surface area contributed by atoms with Gasteiger partial charge in [0.25, 0.3) is 0 Å². The van der Waals surface area contributed by atoms with Crippen LogP contribution in [0.15, 0.2) is 17.3 Å². The average molecular weight is 303 g/mol. The van der Waals surface area contributed by atoms with E-state index in [-0.39, 0.29) is 12.1 Å². The first-order valence-electron chi connectivity index (χ1n) is 7.65. The normalized spacial score (nSPS) is 23.1. The van der Waals surface area contributed by atoms with Crippen LogP contribution in [0.2, 0.25) is 6.55 Å². The minimum atomic E-state index is -1.70. The van der Waals surface area contributed by atoms with E-state index in [1.54, 1.807) is 5.20 Å². The second kappa shape index (κ2) is 4.70. The lowest BCUT2D eigenvalue weighted by Gasteiger charge is -2.28. The Morgan fingerprint density at radius 3 is 2.62 bits per heavy atom. The third-order valence-electron chi connectivity index (χ3n) is 4.58. The molecule has 0 saturated carbocycles. The van der Waals surface area contributed by atoms with Gasteiger partial charge in [0, 0.05) is 30.5 Å². The van der Waals surface area contributed by atoms with Crippen LogP contribution in [0.4, 0.5) is 5.69 Å². The Morgan fingerprint density at radius 1 is 1.33 bits per heavy atom. The van der Waals surface area contributed by atoms with Crippen LogP contribution in [0.25, 0.3) is 5.20 Å². The van der Waals surface area contributed by atoms with Crippen molar-refractivity contribution < 1.29 is 9.53 Å². The second-order valence-electron chi connectivity index (χ2n) is 7.25. The maximum absolute atomic E-state index is 9.36. The zero-order chi connectivity index (χ0) is 15.4. The number of aliphatic hydroxyl groups excluding tert-OH is 1.